The highest BCUT2D eigenvalue weighted by molar-refractivity contribution is 7.81. The molecule has 2 rings (SSSR count). The van der Waals surface area contributed by atoms with Gasteiger partial charge in [0.2, 0.25) is 0 Å². The first-order valence-corrected chi connectivity index (χ1v) is 6.77. The minimum Gasteiger partial charge on any atom is -0.389 e. The first-order chi connectivity index (χ1) is 8.11. The summed E-state index contributed by atoms with van der Waals surface area (Å²) in [6.45, 7) is 2.04. The molecule has 0 saturated heterocycles. The topological polar surface area (TPSA) is 38.9 Å². The zero-order chi connectivity index (χ0) is 12.4. The Balaban J connectivity index is 2.46. The molecule has 1 aromatic carbocycles. The zero-order valence-corrected chi connectivity index (χ0v) is 11.6. The molecule has 88 valence electrons. The maximum Gasteiger partial charge on any atom is 0.124 e. The summed E-state index contributed by atoms with van der Waals surface area (Å²) in [5.41, 5.74) is 7.69. The molecule has 0 bridgehead atoms. The van der Waals surface area contributed by atoms with Gasteiger partial charge in [-0.25, -0.2) is 4.98 Å². The van der Waals surface area contributed by atoms with E-state index in [1.807, 2.05) is 31.2 Å². The van der Waals surface area contributed by atoms with Crippen molar-refractivity contribution in [3.05, 3.63) is 39.9 Å². The molecule has 2 N–H and O–H groups in total. The normalized spacial score (nSPS) is 10.5. The van der Waals surface area contributed by atoms with Crippen LogP contribution in [0.2, 0.25) is 5.02 Å². The molecule has 0 aliphatic carbocycles. The molecular weight excluding hydrogens is 272 g/mol. The average molecular weight is 283 g/mol. The van der Waals surface area contributed by atoms with Crippen LogP contribution in [-0.4, -0.2) is 9.97 Å². The van der Waals surface area contributed by atoms with Gasteiger partial charge >= 0.3 is 0 Å². The van der Waals surface area contributed by atoms with Crippen molar-refractivity contribution in [3.8, 4) is 10.6 Å². The van der Waals surface area contributed by atoms with Crippen molar-refractivity contribution in [1.82, 2.24) is 4.98 Å². The largest absolute Gasteiger partial charge is 0.389 e. The van der Waals surface area contributed by atoms with Crippen molar-refractivity contribution < 1.29 is 0 Å². The average Bonchev–Trinajstić information content (AvgIpc) is 2.74. The summed E-state index contributed by atoms with van der Waals surface area (Å²) >= 11 is 12.4. The van der Waals surface area contributed by atoms with Crippen LogP contribution in [0.5, 0.6) is 0 Å². The Morgan fingerprint density at radius 3 is 2.53 bits per heavy atom. The molecule has 0 radical (unpaired) electrons. The Kier molecular flexibility index (Phi) is 3.76. The van der Waals surface area contributed by atoms with Crippen molar-refractivity contribution >= 4 is 40.1 Å². The molecule has 0 unspecified atom stereocenters. The number of aryl methyl sites for hydroxylation is 1. The standard InChI is InChI=1S/C12H11ClN2S2/c1-2-9-10(11(14)16)17-12(15-9)7-3-5-8(13)6-4-7/h3-6H,2H2,1H3,(H2,14,16). The number of nitrogens with two attached hydrogens (primary N) is 1. The predicted octanol–water partition coefficient (Wildman–Crippen LogP) is 3.66. The van der Waals surface area contributed by atoms with Crippen LogP contribution in [0.1, 0.15) is 17.5 Å². The van der Waals surface area contributed by atoms with Gasteiger partial charge in [0.15, 0.2) is 0 Å². The number of hydrogen-bond acceptors (Lipinski definition) is 3. The van der Waals surface area contributed by atoms with E-state index in [9.17, 15) is 0 Å². The van der Waals surface area contributed by atoms with Gasteiger partial charge in [-0.1, -0.05) is 42.9 Å². The minimum absolute atomic E-state index is 0.416. The van der Waals surface area contributed by atoms with Crippen LogP contribution in [0.15, 0.2) is 24.3 Å². The molecule has 17 heavy (non-hydrogen) atoms. The minimum atomic E-state index is 0.416. The maximum atomic E-state index is 5.86. The highest BCUT2D eigenvalue weighted by atomic mass is 35.5. The third-order valence-corrected chi connectivity index (χ3v) is 4.11. The summed E-state index contributed by atoms with van der Waals surface area (Å²) in [6.07, 6.45) is 0.830. The first-order valence-electron chi connectivity index (χ1n) is 5.17. The van der Waals surface area contributed by atoms with Gasteiger partial charge in [0.1, 0.15) is 10.00 Å². The maximum absolute atomic E-state index is 5.86. The van der Waals surface area contributed by atoms with Crippen LogP contribution >= 0.6 is 35.2 Å². The van der Waals surface area contributed by atoms with E-state index in [2.05, 4.69) is 4.98 Å². The number of benzene rings is 1. The second-order valence-corrected chi connectivity index (χ2v) is 5.39. The summed E-state index contributed by atoms with van der Waals surface area (Å²) < 4.78 is 0. The van der Waals surface area contributed by atoms with Gasteiger partial charge in [0.05, 0.1) is 10.6 Å². The summed E-state index contributed by atoms with van der Waals surface area (Å²) in [7, 11) is 0. The first kappa shape index (κ1) is 12.5. The lowest BCUT2D eigenvalue weighted by molar-refractivity contribution is 1.06. The lowest BCUT2D eigenvalue weighted by atomic mass is 10.2. The number of thiocarbonyl (C=S) groups is 1. The molecule has 0 atom stereocenters. The van der Waals surface area contributed by atoms with Gasteiger partial charge in [-0.15, -0.1) is 11.3 Å². The van der Waals surface area contributed by atoms with Crippen molar-refractivity contribution in [3.63, 3.8) is 0 Å². The number of aromatic nitrogens is 1. The van der Waals surface area contributed by atoms with Gasteiger partial charge in [0, 0.05) is 10.6 Å². The molecule has 2 nitrogen and oxygen atoms in total. The number of halogens is 1. The third kappa shape index (κ3) is 2.65. The Labute approximate surface area is 114 Å². The van der Waals surface area contributed by atoms with E-state index in [4.69, 9.17) is 29.6 Å². The third-order valence-electron chi connectivity index (χ3n) is 2.35. The van der Waals surface area contributed by atoms with Crippen LogP contribution in [0.3, 0.4) is 0 Å². The van der Waals surface area contributed by atoms with Gasteiger partial charge in [-0.05, 0) is 18.6 Å². The van der Waals surface area contributed by atoms with Crippen molar-refractivity contribution in [2.45, 2.75) is 13.3 Å². The van der Waals surface area contributed by atoms with Crippen LogP contribution < -0.4 is 5.73 Å². The fourth-order valence-electron chi connectivity index (χ4n) is 1.50. The van der Waals surface area contributed by atoms with E-state index >= 15 is 0 Å². The summed E-state index contributed by atoms with van der Waals surface area (Å²) in [4.78, 5) is 5.88. The Morgan fingerprint density at radius 1 is 1.41 bits per heavy atom. The van der Waals surface area contributed by atoms with E-state index in [0.29, 0.717) is 4.99 Å². The molecule has 0 aliphatic heterocycles. The van der Waals surface area contributed by atoms with Crippen molar-refractivity contribution in [1.29, 1.82) is 0 Å². The molecule has 0 aliphatic rings. The predicted molar refractivity (Wildman–Crippen MR) is 77.8 cm³/mol. The van der Waals surface area contributed by atoms with Crippen molar-refractivity contribution in [2.75, 3.05) is 0 Å². The molecule has 0 spiro atoms. The lowest BCUT2D eigenvalue weighted by Gasteiger charge is -1.95. The Bertz CT molecular complexity index is 546. The summed E-state index contributed by atoms with van der Waals surface area (Å²) in [5.74, 6) is 0. The molecule has 0 saturated carbocycles. The van der Waals surface area contributed by atoms with Crippen LogP contribution in [0.4, 0.5) is 0 Å². The molecule has 5 heteroatoms. The van der Waals surface area contributed by atoms with E-state index in [0.717, 1.165) is 32.6 Å². The number of rotatable bonds is 3. The van der Waals surface area contributed by atoms with Crippen LogP contribution in [0.25, 0.3) is 10.6 Å². The number of thiazole rings is 1. The SMILES string of the molecule is CCc1nc(-c2ccc(Cl)cc2)sc1C(N)=S. The Hall–Kier alpha value is -0.970. The quantitative estimate of drug-likeness (QED) is 0.873. The highest BCUT2D eigenvalue weighted by Crippen LogP contribution is 2.29. The fraction of sp³-hybridized carbons (Fsp3) is 0.167. The molecule has 1 aromatic heterocycles. The lowest BCUT2D eigenvalue weighted by Crippen LogP contribution is -2.09. The highest BCUT2D eigenvalue weighted by Gasteiger charge is 2.12. The smallest absolute Gasteiger partial charge is 0.124 e. The van der Waals surface area contributed by atoms with Gasteiger partial charge in [-0.3, -0.25) is 0 Å². The summed E-state index contributed by atoms with van der Waals surface area (Å²) in [6, 6.07) is 7.60. The molecular formula is C12H11ClN2S2. The zero-order valence-electron chi connectivity index (χ0n) is 9.24. The molecule has 0 fully saturated rings. The van der Waals surface area contributed by atoms with Gasteiger partial charge in [-0.2, -0.15) is 0 Å². The second kappa shape index (κ2) is 5.12. The number of hydrogen-bond donors (Lipinski definition) is 1. The number of nitrogens with zero attached hydrogens (tertiary/aromatic N) is 1. The fourth-order valence-corrected chi connectivity index (χ4v) is 2.88. The summed E-state index contributed by atoms with van der Waals surface area (Å²) in [5, 5.41) is 1.65. The van der Waals surface area contributed by atoms with Crippen LogP contribution in [-0.2, 0) is 6.42 Å². The molecule has 0 amide bonds. The van der Waals surface area contributed by atoms with Crippen LogP contribution in [0, 0.1) is 0 Å². The van der Waals surface area contributed by atoms with Crippen molar-refractivity contribution in [2.24, 2.45) is 5.73 Å². The Morgan fingerprint density at radius 2 is 2.06 bits per heavy atom. The van der Waals surface area contributed by atoms with E-state index in [-0.39, 0.29) is 0 Å². The second-order valence-electron chi connectivity index (χ2n) is 3.52. The van der Waals surface area contributed by atoms with E-state index < -0.39 is 0 Å². The molecule has 2 aromatic rings. The monoisotopic (exact) mass is 282 g/mol. The molecule has 1 heterocycles. The van der Waals surface area contributed by atoms with Gasteiger partial charge < -0.3 is 5.73 Å². The van der Waals surface area contributed by atoms with Gasteiger partial charge in [0.25, 0.3) is 0 Å². The van der Waals surface area contributed by atoms with E-state index in [1.165, 1.54) is 11.3 Å². The van der Waals surface area contributed by atoms with E-state index in [1.54, 1.807) is 0 Å².